The van der Waals surface area contributed by atoms with E-state index >= 15 is 26.3 Å². The van der Waals surface area contributed by atoms with Crippen LogP contribution in [0.1, 0.15) is 55.6 Å². The van der Waals surface area contributed by atoms with Crippen molar-refractivity contribution in [2.24, 2.45) is 0 Å². The van der Waals surface area contributed by atoms with Gasteiger partial charge >= 0.3 is 0 Å². The van der Waals surface area contributed by atoms with Gasteiger partial charge in [0.1, 0.15) is 45.8 Å². The van der Waals surface area contributed by atoms with Gasteiger partial charge in [0, 0.05) is 45.0 Å². The van der Waals surface area contributed by atoms with Crippen molar-refractivity contribution in [3.05, 3.63) is 352 Å². The van der Waals surface area contributed by atoms with Crippen LogP contribution in [0, 0.1) is 34.9 Å². The number of hydrogen-bond acceptors (Lipinski definition) is 4. The molecule has 0 fully saturated rings. The summed E-state index contributed by atoms with van der Waals surface area (Å²) in [5.41, 5.74) is 4.98. The minimum Gasteiger partial charge on any atom is -0.457 e. The smallest absolute Gasteiger partial charge is 0.166 e. The SMILES string of the molecule is C=Cc1ccc(Oc2ccc(C3(c4c(F)ccc(F)c4F)c4ccccc4-c4ccc(N(c5ccc6c(c5)C(c5ccc(Oc7ccc(C=C)cc7)cc5)(c5c(F)ccc(F)c5F)c5ccccc5-6)c5ccc6c(c5)oc5ccccc56)cc43)cc2)cc1. The average molecular weight is 1160 g/mol. The van der Waals surface area contributed by atoms with Gasteiger partial charge in [-0.1, -0.05) is 153 Å². The molecule has 424 valence electrons. The molecule has 2 aliphatic rings. The molecule has 0 saturated heterocycles. The summed E-state index contributed by atoms with van der Waals surface area (Å²) in [4.78, 5) is 1.94. The fourth-order valence-electron chi connectivity index (χ4n) is 13.5. The number of benzene rings is 12. The number of nitrogens with zero attached hydrogens (tertiary/aromatic N) is 1. The zero-order valence-electron chi connectivity index (χ0n) is 46.7. The van der Waals surface area contributed by atoms with Crippen LogP contribution < -0.4 is 14.4 Å². The van der Waals surface area contributed by atoms with Crippen molar-refractivity contribution in [3.8, 4) is 45.3 Å². The largest absolute Gasteiger partial charge is 0.457 e. The van der Waals surface area contributed by atoms with E-state index in [0.717, 1.165) is 46.2 Å². The van der Waals surface area contributed by atoms with E-state index in [0.29, 0.717) is 107 Å². The Bertz CT molecular complexity index is 4720. The molecule has 2 atom stereocenters. The van der Waals surface area contributed by atoms with Crippen LogP contribution in [0.15, 0.2) is 266 Å². The van der Waals surface area contributed by atoms with Crippen LogP contribution in [-0.4, -0.2) is 0 Å². The molecule has 1 heterocycles. The Morgan fingerprint density at radius 3 is 1.18 bits per heavy atom. The van der Waals surface area contributed by atoms with Crippen molar-refractivity contribution >= 4 is 51.2 Å². The van der Waals surface area contributed by atoms with Gasteiger partial charge < -0.3 is 18.8 Å². The van der Waals surface area contributed by atoms with Gasteiger partial charge in [-0.25, -0.2) is 26.3 Å². The summed E-state index contributed by atoms with van der Waals surface area (Å²) < 4.78 is 121. The molecule has 15 rings (SSSR count). The Morgan fingerprint density at radius 1 is 0.341 bits per heavy atom. The molecule has 0 saturated carbocycles. The third-order valence-corrected chi connectivity index (χ3v) is 17.3. The topological polar surface area (TPSA) is 34.8 Å². The lowest BCUT2D eigenvalue weighted by atomic mass is 9.67. The lowest BCUT2D eigenvalue weighted by Crippen LogP contribution is -2.32. The predicted octanol–water partition coefficient (Wildman–Crippen LogP) is 21.5. The molecule has 0 radical (unpaired) electrons. The Morgan fingerprint density at radius 2 is 0.716 bits per heavy atom. The molecule has 0 aliphatic heterocycles. The first kappa shape index (κ1) is 53.6. The van der Waals surface area contributed by atoms with Crippen LogP contribution in [0.3, 0.4) is 0 Å². The normalized spacial score (nSPS) is 15.3. The highest BCUT2D eigenvalue weighted by molar-refractivity contribution is 6.06. The van der Waals surface area contributed by atoms with Crippen LogP contribution in [-0.2, 0) is 10.8 Å². The first-order valence-corrected chi connectivity index (χ1v) is 28.5. The molecule has 2 unspecified atom stereocenters. The van der Waals surface area contributed by atoms with Crippen LogP contribution in [0.4, 0.5) is 43.4 Å². The van der Waals surface area contributed by atoms with Crippen molar-refractivity contribution in [1.82, 2.24) is 0 Å². The second-order valence-electron chi connectivity index (χ2n) is 21.9. The van der Waals surface area contributed by atoms with Crippen LogP contribution >= 0.6 is 0 Å². The average Bonchev–Trinajstić information content (AvgIpc) is 1.51. The molecular weight excluding hydrogens is 1110 g/mol. The molecule has 0 spiro atoms. The summed E-state index contributed by atoms with van der Waals surface area (Å²) in [6.45, 7) is 7.69. The van der Waals surface area contributed by atoms with Crippen molar-refractivity contribution in [2.75, 3.05) is 4.90 Å². The zero-order valence-corrected chi connectivity index (χ0v) is 46.7. The Kier molecular flexibility index (Phi) is 12.7. The molecule has 0 N–H and O–H groups in total. The number of ether oxygens (including phenoxy) is 2. The summed E-state index contributed by atoms with van der Waals surface area (Å²) in [6.07, 6.45) is 3.45. The van der Waals surface area contributed by atoms with Gasteiger partial charge in [0.2, 0.25) is 0 Å². The first-order valence-electron chi connectivity index (χ1n) is 28.5. The van der Waals surface area contributed by atoms with Gasteiger partial charge in [-0.3, -0.25) is 0 Å². The molecule has 13 aromatic rings. The Balaban J connectivity index is 0.977. The fraction of sp³-hybridized carbons (Fsp3) is 0.0256. The predicted molar refractivity (Wildman–Crippen MR) is 336 cm³/mol. The first-order chi connectivity index (χ1) is 43.0. The third kappa shape index (κ3) is 8.23. The van der Waals surface area contributed by atoms with E-state index in [-0.39, 0.29) is 0 Å². The van der Waals surface area contributed by atoms with Gasteiger partial charge in [0.05, 0.1) is 10.8 Å². The van der Waals surface area contributed by atoms with Crippen molar-refractivity contribution in [3.63, 3.8) is 0 Å². The fourth-order valence-corrected chi connectivity index (χ4v) is 13.5. The lowest BCUT2D eigenvalue weighted by molar-refractivity contribution is 0.463. The summed E-state index contributed by atoms with van der Waals surface area (Å²) in [6, 6.07) is 71.4. The van der Waals surface area contributed by atoms with Gasteiger partial charge in [0.15, 0.2) is 23.3 Å². The maximum absolute atomic E-state index is 17.4. The van der Waals surface area contributed by atoms with Gasteiger partial charge in [-0.2, -0.15) is 0 Å². The molecule has 88 heavy (non-hydrogen) atoms. The van der Waals surface area contributed by atoms with Crippen molar-refractivity contribution in [2.45, 2.75) is 10.8 Å². The summed E-state index contributed by atoms with van der Waals surface area (Å²) in [5, 5.41) is 1.72. The van der Waals surface area contributed by atoms with Crippen molar-refractivity contribution in [1.29, 1.82) is 0 Å². The monoisotopic (exact) mass is 1160 g/mol. The third-order valence-electron chi connectivity index (χ3n) is 17.3. The lowest BCUT2D eigenvalue weighted by Gasteiger charge is -2.36. The molecule has 4 nitrogen and oxygen atoms in total. The number of halogens is 6. The molecule has 1 aromatic heterocycles. The second kappa shape index (κ2) is 20.9. The second-order valence-corrected chi connectivity index (χ2v) is 21.9. The summed E-state index contributed by atoms with van der Waals surface area (Å²) >= 11 is 0. The van der Waals surface area contributed by atoms with Crippen LogP contribution in [0.25, 0.3) is 56.3 Å². The van der Waals surface area contributed by atoms with Gasteiger partial charge in [-0.15, -0.1) is 0 Å². The van der Waals surface area contributed by atoms with E-state index < -0.39 is 56.9 Å². The number of para-hydroxylation sites is 1. The molecular formula is C78H47F6NO3. The molecule has 2 aliphatic carbocycles. The quantitative estimate of drug-likeness (QED) is 0.0851. The van der Waals surface area contributed by atoms with E-state index in [9.17, 15) is 0 Å². The molecule has 0 bridgehead atoms. The highest BCUT2D eigenvalue weighted by Gasteiger charge is 2.52. The van der Waals surface area contributed by atoms with Crippen molar-refractivity contribution < 1.29 is 40.2 Å². The molecule has 10 heteroatoms. The van der Waals surface area contributed by atoms with Crippen LogP contribution in [0.2, 0.25) is 0 Å². The van der Waals surface area contributed by atoms with E-state index in [4.69, 9.17) is 13.9 Å². The Labute approximate surface area is 502 Å². The minimum absolute atomic E-state index is 0.407. The molecule has 0 amide bonds. The molecule has 12 aromatic carbocycles. The summed E-state index contributed by atoms with van der Waals surface area (Å²) in [5.74, 6) is -5.20. The number of hydrogen-bond donors (Lipinski definition) is 0. The number of fused-ring (bicyclic) bond motifs is 9. The van der Waals surface area contributed by atoms with Gasteiger partial charge in [0.25, 0.3) is 0 Å². The maximum atomic E-state index is 17.4. The van der Waals surface area contributed by atoms with E-state index in [1.807, 2.05) is 157 Å². The van der Waals surface area contributed by atoms with E-state index in [2.05, 4.69) is 13.2 Å². The standard InChI is InChI=1S/C78H47F6NO3/c1-3-46-17-28-53(29-18-46)86-55-32-21-48(22-33-55)77(73-67(79)39-41-69(81)75(73)83)63-14-8-5-11-57(63)59-36-25-50(43-65(59)77)85(52-27-38-62-61-13-7-10-16-71(61)88-72(62)45-52)51-26-37-60-58-12-6-9-15-64(58)78(66(60)44-51,74-68(80)40-42-70(82)76(74)84)49-23-34-56(35-24-49)87-54-30-19-47(4-2)20-31-54/h3-45H,1-2H2. The number of rotatable bonds is 13. The number of anilines is 3. The Hall–Kier alpha value is -11.1. The minimum atomic E-state index is -1.84. The maximum Gasteiger partial charge on any atom is 0.166 e. The zero-order chi connectivity index (χ0) is 60.0. The van der Waals surface area contributed by atoms with Gasteiger partial charge in [-0.05, 0) is 182 Å². The van der Waals surface area contributed by atoms with E-state index in [1.54, 1.807) is 84.9 Å². The van der Waals surface area contributed by atoms with E-state index in [1.165, 1.54) is 0 Å². The van der Waals surface area contributed by atoms with Crippen LogP contribution in [0.5, 0.6) is 23.0 Å². The highest BCUT2D eigenvalue weighted by atomic mass is 19.2. The number of furan rings is 1. The highest BCUT2D eigenvalue weighted by Crippen LogP contribution is 2.61. The summed E-state index contributed by atoms with van der Waals surface area (Å²) in [7, 11) is 0.